The first-order valence-electron chi connectivity index (χ1n) is 12.1. The number of carbonyl (C=O) groups is 2. The number of carbonyl (C=O) groups excluding carboxylic acids is 2. The van der Waals surface area contributed by atoms with Gasteiger partial charge in [0, 0.05) is 41.1 Å². The summed E-state index contributed by atoms with van der Waals surface area (Å²) < 4.78 is 2.08. The lowest BCUT2D eigenvalue weighted by atomic mass is 9.94. The van der Waals surface area contributed by atoms with Gasteiger partial charge in [0.05, 0.1) is 23.6 Å². The van der Waals surface area contributed by atoms with Crippen LogP contribution in [0.15, 0.2) is 61.1 Å². The molecular weight excluding hydrogens is 476 g/mol. The molecule has 4 heterocycles. The third kappa shape index (κ3) is 3.52. The number of imidazole rings is 1. The van der Waals surface area contributed by atoms with Gasteiger partial charge in [-0.15, -0.1) is 0 Å². The molecule has 8 nitrogen and oxygen atoms in total. The quantitative estimate of drug-likeness (QED) is 0.357. The van der Waals surface area contributed by atoms with Crippen LogP contribution in [-0.2, 0) is 21.5 Å². The van der Waals surface area contributed by atoms with Crippen LogP contribution < -0.4 is 16.0 Å². The molecule has 3 aliphatic rings. The van der Waals surface area contributed by atoms with Crippen LogP contribution in [0.1, 0.15) is 42.0 Å². The minimum Gasteiger partial charge on any atom is -0.379 e. The van der Waals surface area contributed by atoms with Crippen molar-refractivity contribution in [3.05, 3.63) is 82.9 Å². The van der Waals surface area contributed by atoms with Gasteiger partial charge in [0.25, 0.3) is 0 Å². The Morgan fingerprint density at radius 3 is 2.92 bits per heavy atom. The summed E-state index contributed by atoms with van der Waals surface area (Å²) in [6.45, 7) is 0.543. The van der Waals surface area contributed by atoms with Crippen LogP contribution in [-0.4, -0.2) is 26.2 Å². The zero-order chi connectivity index (χ0) is 24.4. The Morgan fingerprint density at radius 1 is 1.17 bits per heavy atom. The van der Waals surface area contributed by atoms with Crippen LogP contribution in [0, 0.1) is 5.92 Å². The van der Waals surface area contributed by atoms with Gasteiger partial charge in [-0.2, -0.15) is 0 Å². The first-order chi connectivity index (χ1) is 17.5. The highest BCUT2D eigenvalue weighted by Crippen LogP contribution is 2.60. The van der Waals surface area contributed by atoms with E-state index in [1.807, 2.05) is 12.3 Å². The molecule has 3 N–H and O–H groups in total. The van der Waals surface area contributed by atoms with E-state index in [1.165, 1.54) is 18.4 Å². The van der Waals surface area contributed by atoms with Gasteiger partial charge in [-0.3, -0.25) is 9.59 Å². The number of pyridine rings is 2. The standard InChI is InChI=1S/C27H23ClN6O2/c28-17-4-5-22-20(9-17)27(26(36)32-22)11-21(27)25(35)33-23-10-18(7-8-29-23)30-12-19-14-34-13-16(15-1-2-15)3-6-24(34)31-19/h3-10,13-15,21H,1-2,11-12H2,(H,32,36)(H2,29,30,33,35)/t21-,27+/m1/s1. The number of benzene rings is 1. The van der Waals surface area contributed by atoms with Gasteiger partial charge in [0.15, 0.2) is 0 Å². The molecule has 180 valence electrons. The van der Waals surface area contributed by atoms with Gasteiger partial charge < -0.3 is 20.4 Å². The fourth-order valence-electron chi connectivity index (χ4n) is 5.30. The molecule has 2 fully saturated rings. The lowest BCUT2D eigenvalue weighted by Gasteiger charge is -2.10. The molecule has 0 unspecified atom stereocenters. The van der Waals surface area contributed by atoms with E-state index in [-0.39, 0.29) is 11.8 Å². The van der Waals surface area contributed by atoms with Crippen molar-refractivity contribution in [2.24, 2.45) is 5.92 Å². The molecule has 2 saturated carbocycles. The molecule has 36 heavy (non-hydrogen) atoms. The van der Waals surface area contributed by atoms with Crippen LogP contribution in [0.4, 0.5) is 17.2 Å². The molecule has 3 aromatic heterocycles. The third-order valence-corrected chi connectivity index (χ3v) is 7.69. The molecular formula is C27H23ClN6O2. The van der Waals surface area contributed by atoms with Crippen LogP contribution >= 0.6 is 11.6 Å². The molecule has 2 amide bonds. The molecule has 2 atom stereocenters. The molecule has 0 radical (unpaired) electrons. The molecule has 2 aliphatic carbocycles. The largest absolute Gasteiger partial charge is 0.379 e. The van der Waals surface area contributed by atoms with Crippen molar-refractivity contribution in [2.45, 2.75) is 37.1 Å². The lowest BCUT2D eigenvalue weighted by Crippen LogP contribution is -2.27. The Bertz CT molecular complexity index is 1560. The highest BCUT2D eigenvalue weighted by Gasteiger charge is 2.67. The van der Waals surface area contributed by atoms with Crippen LogP contribution in [0.2, 0.25) is 5.02 Å². The fraction of sp³-hybridized carbons (Fsp3) is 0.259. The third-order valence-electron chi connectivity index (χ3n) is 7.45. The number of aromatic nitrogens is 3. The monoisotopic (exact) mass is 498 g/mol. The average molecular weight is 499 g/mol. The molecule has 1 aliphatic heterocycles. The van der Waals surface area contributed by atoms with Gasteiger partial charge >= 0.3 is 0 Å². The second-order valence-corrected chi connectivity index (χ2v) is 10.3. The zero-order valence-corrected chi connectivity index (χ0v) is 20.0. The number of halogens is 1. The van der Waals surface area contributed by atoms with Crippen molar-refractivity contribution in [3.8, 4) is 0 Å². The minimum atomic E-state index is -0.845. The van der Waals surface area contributed by atoms with Crippen LogP contribution in [0.25, 0.3) is 5.65 Å². The number of hydrogen-bond acceptors (Lipinski definition) is 5. The summed E-state index contributed by atoms with van der Waals surface area (Å²) in [6, 6.07) is 13.2. The van der Waals surface area contributed by atoms with Gasteiger partial charge in [-0.25, -0.2) is 9.97 Å². The second kappa shape index (κ2) is 7.80. The maximum atomic E-state index is 13.0. The number of amides is 2. The number of fused-ring (bicyclic) bond motifs is 3. The van der Waals surface area contributed by atoms with Gasteiger partial charge in [0.2, 0.25) is 11.8 Å². The van der Waals surface area contributed by atoms with E-state index in [4.69, 9.17) is 16.6 Å². The summed E-state index contributed by atoms with van der Waals surface area (Å²) in [6.07, 6.45) is 8.85. The second-order valence-electron chi connectivity index (χ2n) is 9.88. The maximum Gasteiger partial charge on any atom is 0.235 e. The minimum absolute atomic E-state index is 0.153. The van der Waals surface area contributed by atoms with Crippen molar-refractivity contribution < 1.29 is 9.59 Å². The highest BCUT2D eigenvalue weighted by atomic mass is 35.5. The van der Waals surface area contributed by atoms with Crippen molar-refractivity contribution >= 4 is 46.3 Å². The molecule has 0 saturated heterocycles. The summed E-state index contributed by atoms with van der Waals surface area (Å²) in [4.78, 5) is 34.8. The van der Waals surface area contributed by atoms with E-state index in [2.05, 4.69) is 43.7 Å². The Balaban J connectivity index is 1.03. The number of hydrogen-bond donors (Lipinski definition) is 3. The molecule has 1 spiro atoms. The van der Waals surface area contributed by atoms with E-state index >= 15 is 0 Å². The number of nitrogens with one attached hydrogen (secondary N) is 3. The van der Waals surface area contributed by atoms with Gasteiger partial charge in [0.1, 0.15) is 11.5 Å². The van der Waals surface area contributed by atoms with Crippen LogP contribution in [0.3, 0.4) is 0 Å². The summed E-state index contributed by atoms with van der Waals surface area (Å²) in [5.74, 6) is 0.286. The average Bonchev–Trinajstić information content (AvgIpc) is 3.78. The summed E-state index contributed by atoms with van der Waals surface area (Å²) in [5, 5.41) is 9.66. The Morgan fingerprint density at radius 2 is 2.06 bits per heavy atom. The van der Waals surface area contributed by atoms with E-state index in [0.717, 1.165) is 28.3 Å². The summed E-state index contributed by atoms with van der Waals surface area (Å²) in [5.41, 5.74) is 4.71. The Hall–Kier alpha value is -3.91. The lowest BCUT2D eigenvalue weighted by molar-refractivity contribution is -0.122. The Kier molecular flexibility index (Phi) is 4.63. The topological polar surface area (TPSA) is 100 Å². The fourth-order valence-corrected chi connectivity index (χ4v) is 5.47. The van der Waals surface area contributed by atoms with Gasteiger partial charge in [-0.1, -0.05) is 17.7 Å². The first kappa shape index (κ1) is 21.4. The number of nitrogens with zero attached hydrogens (tertiary/aromatic N) is 3. The smallest absolute Gasteiger partial charge is 0.235 e. The van der Waals surface area contributed by atoms with E-state index in [9.17, 15) is 9.59 Å². The van der Waals surface area contributed by atoms with E-state index in [1.54, 1.807) is 30.5 Å². The van der Waals surface area contributed by atoms with Crippen molar-refractivity contribution in [1.29, 1.82) is 0 Å². The van der Waals surface area contributed by atoms with Crippen molar-refractivity contribution in [2.75, 3.05) is 16.0 Å². The van der Waals surface area contributed by atoms with Crippen LogP contribution in [0.5, 0.6) is 0 Å². The molecule has 0 bridgehead atoms. The molecule has 9 heteroatoms. The zero-order valence-electron chi connectivity index (χ0n) is 19.3. The Labute approximate surface area is 212 Å². The van der Waals surface area contributed by atoms with Crippen molar-refractivity contribution in [3.63, 3.8) is 0 Å². The number of anilines is 3. The molecule has 1 aromatic carbocycles. The summed E-state index contributed by atoms with van der Waals surface area (Å²) in [7, 11) is 0. The van der Waals surface area contributed by atoms with Crippen molar-refractivity contribution in [1.82, 2.24) is 14.4 Å². The van der Waals surface area contributed by atoms with E-state index in [0.29, 0.717) is 29.7 Å². The molecule has 4 aromatic rings. The van der Waals surface area contributed by atoms with E-state index < -0.39 is 11.3 Å². The van der Waals surface area contributed by atoms with Gasteiger partial charge in [-0.05, 0) is 66.6 Å². The molecule has 7 rings (SSSR count). The predicted molar refractivity (Wildman–Crippen MR) is 137 cm³/mol. The SMILES string of the molecule is O=C(Nc1cc(NCc2cn3cc(C4CC4)ccc3n2)ccn1)[C@H]1C[C@@]12C(=O)Nc1ccc(Cl)cc12. The normalized spacial score (nSPS) is 21.9. The predicted octanol–water partition coefficient (Wildman–Crippen LogP) is 4.72. The first-order valence-corrected chi connectivity index (χ1v) is 12.5. The summed E-state index contributed by atoms with van der Waals surface area (Å²) >= 11 is 6.16. The maximum absolute atomic E-state index is 13.0. The number of rotatable bonds is 6. The highest BCUT2D eigenvalue weighted by molar-refractivity contribution is 6.31.